The van der Waals surface area contributed by atoms with Crippen molar-refractivity contribution < 1.29 is 9.57 Å². The molecule has 2 N–H and O–H groups in total. The standard InChI is InChI=1S/C15H23NO2/c1-11-7-8-13(9-10-17-16)15(12(11)2)18-14-5-3-4-6-14/h7-8,14H,3-6,9-10,16H2,1-2H3. The van der Waals surface area contributed by atoms with Crippen molar-refractivity contribution in [3.8, 4) is 5.75 Å². The zero-order chi connectivity index (χ0) is 13.0. The van der Waals surface area contributed by atoms with E-state index in [1.54, 1.807) is 0 Å². The van der Waals surface area contributed by atoms with E-state index in [0.29, 0.717) is 12.7 Å². The summed E-state index contributed by atoms with van der Waals surface area (Å²) in [5, 5.41) is 0. The third kappa shape index (κ3) is 3.03. The van der Waals surface area contributed by atoms with Crippen molar-refractivity contribution in [2.24, 2.45) is 5.90 Å². The van der Waals surface area contributed by atoms with Crippen LogP contribution in [-0.2, 0) is 11.3 Å². The van der Waals surface area contributed by atoms with Crippen molar-refractivity contribution >= 4 is 0 Å². The van der Waals surface area contributed by atoms with Gasteiger partial charge in [0.15, 0.2) is 0 Å². The molecule has 0 saturated heterocycles. The molecule has 0 bridgehead atoms. The zero-order valence-electron chi connectivity index (χ0n) is 11.4. The number of nitrogens with two attached hydrogens (primary N) is 1. The van der Waals surface area contributed by atoms with E-state index >= 15 is 0 Å². The van der Waals surface area contributed by atoms with Crippen LogP contribution in [0.1, 0.15) is 42.4 Å². The van der Waals surface area contributed by atoms with Gasteiger partial charge in [0.1, 0.15) is 5.75 Å². The average Bonchev–Trinajstić information content (AvgIpc) is 2.87. The summed E-state index contributed by atoms with van der Waals surface area (Å²) in [6.07, 6.45) is 6.14. The van der Waals surface area contributed by atoms with Crippen LogP contribution in [0.4, 0.5) is 0 Å². The van der Waals surface area contributed by atoms with Crippen LogP contribution in [0.15, 0.2) is 12.1 Å². The second-order valence-electron chi connectivity index (χ2n) is 5.14. The van der Waals surface area contributed by atoms with Crippen LogP contribution in [0, 0.1) is 13.8 Å². The quantitative estimate of drug-likeness (QED) is 0.816. The molecule has 1 aromatic rings. The molecule has 1 fully saturated rings. The first-order valence-corrected chi connectivity index (χ1v) is 6.79. The largest absolute Gasteiger partial charge is 0.490 e. The topological polar surface area (TPSA) is 44.5 Å². The van der Waals surface area contributed by atoms with Gasteiger partial charge in [0, 0.05) is 6.42 Å². The molecule has 1 aromatic carbocycles. The maximum atomic E-state index is 6.22. The Balaban J connectivity index is 2.19. The van der Waals surface area contributed by atoms with E-state index in [2.05, 4.69) is 30.8 Å². The molecule has 0 aliphatic heterocycles. The number of ether oxygens (including phenoxy) is 1. The van der Waals surface area contributed by atoms with E-state index in [9.17, 15) is 0 Å². The smallest absolute Gasteiger partial charge is 0.126 e. The van der Waals surface area contributed by atoms with Crippen LogP contribution in [-0.4, -0.2) is 12.7 Å². The summed E-state index contributed by atoms with van der Waals surface area (Å²) in [7, 11) is 0. The molecular weight excluding hydrogens is 226 g/mol. The van der Waals surface area contributed by atoms with E-state index in [4.69, 9.17) is 10.6 Å². The predicted octanol–water partition coefficient (Wildman–Crippen LogP) is 3.06. The second kappa shape index (κ2) is 6.21. The first-order valence-electron chi connectivity index (χ1n) is 6.79. The van der Waals surface area contributed by atoms with Gasteiger partial charge in [0.25, 0.3) is 0 Å². The summed E-state index contributed by atoms with van der Waals surface area (Å²) >= 11 is 0. The van der Waals surface area contributed by atoms with Crippen LogP contribution in [0.3, 0.4) is 0 Å². The van der Waals surface area contributed by atoms with Crippen LogP contribution >= 0.6 is 0 Å². The Morgan fingerprint density at radius 2 is 1.94 bits per heavy atom. The number of benzene rings is 1. The molecule has 1 aliphatic rings. The first kappa shape index (κ1) is 13.4. The minimum absolute atomic E-state index is 0.392. The Labute approximate surface area is 109 Å². The lowest BCUT2D eigenvalue weighted by Crippen LogP contribution is -2.14. The third-order valence-electron chi connectivity index (χ3n) is 3.83. The van der Waals surface area contributed by atoms with E-state index in [-0.39, 0.29) is 0 Å². The highest BCUT2D eigenvalue weighted by atomic mass is 16.6. The lowest BCUT2D eigenvalue weighted by atomic mass is 10.0. The third-order valence-corrected chi connectivity index (χ3v) is 3.83. The normalized spacial score (nSPS) is 16.2. The molecule has 0 radical (unpaired) electrons. The molecular formula is C15H23NO2. The Hall–Kier alpha value is -1.06. The van der Waals surface area contributed by atoms with Crippen molar-refractivity contribution in [1.82, 2.24) is 0 Å². The van der Waals surface area contributed by atoms with E-state index < -0.39 is 0 Å². The van der Waals surface area contributed by atoms with E-state index in [1.165, 1.54) is 42.4 Å². The van der Waals surface area contributed by atoms with Crippen molar-refractivity contribution in [3.05, 3.63) is 28.8 Å². The first-order chi connectivity index (χ1) is 8.72. The fourth-order valence-corrected chi connectivity index (χ4v) is 2.55. The van der Waals surface area contributed by atoms with Gasteiger partial charge < -0.3 is 9.57 Å². The van der Waals surface area contributed by atoms with Gasteiger partial charge in [-0.2, -0.15) is 0 Å². The zero-order valence-corrected chi connectivity index (χ0v) is 11.4. The molecule has 3 nitrogen and oxygen atoms in total. The molecule has 100 valence electrons. The van der Waals surface area contributed by atoms with Gasteiger partial charge in [-0.1, -0.05) is 12.1 Å². The van der Waals surface area contributed by atoms with Gasteiger partial charge in [-0.15, -0.1) is 0 Å². The predicted molar refractivity (Wildman–Crippen MR) is 72.6 cm³/mol. The highest BCUT2D eigenvalue weighted by Crippen LogP contribution is 2.31. The molecule has 1 aliphatic carbocycles. The SMILES string of the molecule is Cc1ccc(CCON)c(OC2CCCC2)c1C. The molecule has 2 rings (SSSR count). The molecule has 18 heavy (non-hydrogen) atoms. The molecule has 0 aromatic heterocycles. The summed E-state index contributed by atoms with van der Waals surface area (Å²) in [6, 6.07) is 4.27. The summed E-state index contributed by atoms with van der Waals surface area (Å²) in [4.78, 5) is 4.69. The highest BCUT2D eigenvalue weighted by Gasteiger charge is 2.19. The molecule has 0 heterocycles. The van der Waals surface area contributed by atoms with Crippen LogP contribution < -0.4 is 10.6 Å². The molecule has 3 heteroatoms. The maximum Gasteiger partial charge on any atom is 0.126 e. The van der Waals surface area contributed by atoms with Crippen molar-refractivity contribution in [3.63, 3.8) is 0 Å². The minimum atomic E-state index is 0.392. The number of hydrogen-bond acceptors (Lipinski definition) is 3. The number of rotatable bonds is 5. The minimum Gasteiger partial charge on any atom is -0.490 e. The Bertz CT molecular complexity index is 398. The van der Waals surface area contributed by atoms with Crippen molar-refractivity contribution in [2.75, 3.05) is 6.61 Å². The van der Waals surface area contributed by atoms with Gasteiger partial charge in [-0.05, 0) is 56.2 Å². The second-order valence-corrected chi connectivity index (χ2v) is 5.14. The van der Waals surface area contributed by atoms with Gasteiger partial charge in [-0.3, -0.25) is 0 Å². The summed E-state index contributed by atoms with van der Waals surface area (Å²) < 4.78 is 6.22. The lowest BCUT2D eigenvalue weighted by Gasteiger charge is -2.20. The average molecular weight is 249 g/mol. The molecule has 0 amide bonds. The lowest BCUT2D eigenvalue weighted by molar-refractivity contribution is 0.139. The molecule has 1 saturated carbocycles. The summed E-state index contributed by atoms with van der Waals surface area (Å²) in [6.45, 7) is 4.79. The monoisotopic (exact) mass is 249 g/mol. The van der Waals surface area contributed by atoms with Crippen LogP contribution in [0.25, 0.3) is 0 Å². The van der Waals surface area contributed by atoms with Crippen LogP contribution in [0.2, 0.25) is 0 Å². The van der Waals surface area contributed by atoms with Crippen molar-refractivity contribution in [1.29, 1.82) is 0 Å². The molecule has 0 atom stereocenters. The van der Waals surface area contributed by atoms with Gasteiger partial charge in [0.05, 0.1) is 12.7 Å². The summed E-state index contributed by atoms with van der Waals surface area (Å²) in [5.74, 6) is 6.17. The highest BCUT2D eigenvalue weighted by molar-refractivity contribution is 5.45. The van der Waals surface area contributed by atoms with Gasteiger partial charge in [0.2, 0.25) is 0 Å². The fourth-order valence-electron chi connectivity index (χ4n) is 2.55. The Morgan fingerprint density at radius 3 is 2.61 bits per heavy atom. The molecule has 0 unspecified atom stereocenters. The Kier molecular flexibility index (Phi) is 4.61. The number of hydrogen-bond donors (Lipinski definition) is 1. The van der Waals surface area contributed by atoms with E-state index in [1.807, 2.05) is 0 Å². The van der Waals surface area contributed by atoms with Crippen LogP contribution in [0.5, 0.6) is 5.75 Å². The maximum absolute atomic E-state index is 6.22. The summed E-state index contributed by atoms with van der Waals surface area (Å²) in [5.41, 5.74) is 3.73. The van der Waals surface area contributed by atoms with Gasteiger partial charge >= 0.3 is 0 Å². The Morgan fingerprint density at radius 1 is 1.22 bits per heavy atom. The fraction of sp³-hybridized carbons (Fsp3) is 0.600. The van der Waals surface area contributed by atoms with E-state index in [0.717, 1.165) is 12.2 Å². The number of aryl methyl sites for hydroxylation is 1. The van der Waals surface area contributed by atoms with Crippen molar-refractivity contribution in [2.45, 2.75) is 52.1 Å². The molecule has 0 spiro atoms. The van der Waals surface area contributed by atoms with Gasteiger partial charge in [-0.25, -0.2) is 5.90 Å².